The fourth-order valence-corrected chi connectivity index (χ4v) is 3.44. The van der Waals surface area contributed by atoms with E-state index in [9.17, 15) is 19.5 Å². The van der Waals surface area contributed by atoms with Gasteiger partial charge < -0.3 is 31.1 Å². The zero-order valence-corrected chi connectivity index (χ0v) is 14.3. The molecule has 2 aromatic rings. The number of rotatable bonds is 8. The van der Waals surface area contributed by atoms with Crippen LogP contribution in [-0.2, 0) is 4.79 Å². The standard InChI is InChI=1S/C14H19BN6O6/c16-14(13(24)25)6-21(5-7(14)2-1-3-15(26)27)10-9(11(22)12(10)23)18-8-4-17-20-19-8/h4,7,26-27H,1-3,5-6,16H2,(H,24,25)(H2,17,18,19,20)/t7-,14-/m0/s1. The van der Waals surface area contributed by atoms with Gasteiger partial charge in [-0.05, 0) is 12.7 Å². The quantitative estimate of drug-likeness (QED) is 0.212. The topological polar surface area (TPSA) is 195 Å². The number of carbonyl (C=O) groups is 1. The van der Waals surface area contributed by atoms with Gasteiger partial charge in [-0.1, -0.05) is 11.6 Å². The van der Waals surface area contributed by atoms with Gasteiger partial charge in [-0.25, -0.2) is 5.10 Å². The molecule has 1 aromatic heterocycles. The second kappa shape index (κ2) is 7.10. The van der Waals surface area contributed by atoms with Gasteiger partial charge in [0.2, 0.25) is 0 Å². The van der Waals surface area contributed by atoms with Gasteiger partial charge in [-0.2, -0.15) is 0 Å². The van der Waals surface area contributed by atoms with Gasteiger partial charge in [0, 0.05) is 19.0 Å². The zero-order chi connectivity index (χ0) is 19.8. The molecule has 0 bridgehead atoms. The Balaban J connectivity index is 1.82. The highest BCUT2D eigenvalue weighted by atomic mass is 16.4. The molecule has 2 atom stereocenters. The molecule has 3 rings (SSSR count). The Labute approximate surface area is 152 Å². The van der Waals surface area contributed by atoms with Crippen molar-refractivity contribution in [3.8, 4) is 0 Å². The Hall–Kier alpha value is -2.77. The molecule has 13 heteroatoms. The monoisotopic (exact) mass is 378 g/mol. The highest BCUT2D eigenvalue weighted by molar-refractivity contribution is 6.40. The Morgan fingerprint density at radius 1 is 1.44 bits per heavy atom. The van der Waals surface area contributed by atoms with Crippen LogP contribution in [0.5, 0.6) is 0 Å². The van der Waals surface area contributed by atoms with Crippen LogP contribution < -0.4 is 26.8 Å². The fourth-order valence-electron chi connectivity index (χ4n) is 3.44. The number of nitrogens with zero attached hydrogens (tertiary/aromatic N) is 3. The first-order valence-corrected chi connectivity index (χ1v) is 8.33. The summed E-state index contributed by atoms with van der Waals surface area (Å²) in [7, 11) is -1.48. The molecule has 0 aliphatic carbocycles. The van der Waals surface area contributed by atoms with E-state index in [1.165, 1.54) is 11.1 Å². The number of aromatic nitrogens is 3. The van der Waals surface area contributed by atoms with Crippen molar-refractivity contribution in [2.75, 3.05) is 23.3 Å². The van der Waals surface area contributed by atoms with E-state index < -0.39 is 35.4 Å². The van der Waals surface area contributed by atoms with Crippen LogP contribution in [0.3, 0.4) is 0 Å². The smallest absolute Gasteiger partial charge is 0.451 e. The van der Waals surface area contributed by atoms with Crippen LogP contribution in [-0.4, -0.2) is 62.3 Å². The third kappa shape index (κ3) is 3.43. The maximum absolute atomic E-state index is 12.1. The van der Waals surface area contributed by atoms with Crippen molar-refractivity contribution in [2.24, 2.45) is 11.7 Å². The molecule has 0 saturated carbocycles. The molecule has 144 valence electrons. The summed E-state index contributed by atoms with van der Waals surface area (Å²) in [6.45, 7) is 0.0144. The van der Waals surface area contributed by atoms with Gasteiger partial charge in [0.05, 0.1) is 6.20 Å². The van der Waals surface area contributed by atoms with Crippen LogP contribution in [0.15, 0.2) is 15.8 Å². The first-order chi connectivity index (χ1) is 12.7. The second-order valence-corrected chi connectivity index (χ2v) is 6.71. The SMILES string of the molecule is N[C@@]1(C(=O)O)CN(c2c(Nc3cnn[nH]3)c(=O)c2=O)C[C@@H]1CCCB(O)O. The maximum atomic E-state index is 12.1. The molecule has 1 aromatic carbocycles. The number of H-pyrrole nitrogens is 1. The molecule has 12 nitrogen and oxygen atoms in total. The van der Waals surface area contributed by atoms with Gasteiger partial charge in [0.25, 0.3) is 10.9 Å². The minimum absolute atomic E-state index is 0.0326. The Morgan fingerprint density at radius 2 is 2.19 bits per heavy atom. The average molecular weight is 378 g/mol. The van der Waals surface area contributed by atoms with E-state index in [1.807, 2.05) is 0 Å². The van der Waals surface area contributed by atoms with Crippen molar-refractivity contribution in [1.82, 2.24) is 15.4 Å². The number of hydrogen-bond donors (Lipinski definition) is 6. The van der Waals surface area contributed by atoms with Gasteiger partial charge in [-0.15, -0.1) is 5.10 Å². The van der Waals surface area contributed by atoms with Gasteiger partial charge in [0.15, 0.2) is 0 Å². The summed E-state index contributed by atoms with van der Waals surface area (Å²) >= 11 is 0. The number of carboxylic acid groups (broad SMARTS) is 1. The highest BCUT2D eigenvalue weighted by Crippen LogP contribution is 2.35. The third-order valence-electron chi connectivity index (χ3n) is 4.91. The minimum atomic E-state index is -1.62. The Bertz CT molecular complexity index is 895. The van der Waals surface area contributed by atoms with Crippen LogP contribution in [0.2, 0.25) is 6.32 Å². The average Bonchev–Trinajstić information content (AvgIpc) is 3.23. The van der Waals surface area contributed by atoms with Crippen molar-refractivity contribution < 1.29 is 19.9 Å². The number of nitrogens with two attached hydrogens (primary N) is 1. The third-order valence-corrected chi connectivity index (χ3v) is 4.91. The lowest BCUT2D eigenvalue weighted by atomic mass is 9.78. The molecule has 0 radical (unpaired) electrons. The van der Waals surface area contributed by atoms with Crippen molar-refractivity contribution >= 4 is 30.3 Å². The summed E-state index contributed by atoms with van der Waals surface area (Å²) in [5, 5.41) is 39.8. The van der Waals surface area contributed by atoms with E-state index in [-0.39, 0.29) is 30.8 Å². The Kier molecular flexibility index (Phi) is 5.00. The highest BCUT2D eigenvalue weighted by Gasteiger charge is 2.50. The van der Waals surface area contributed by atoms with Crippen LogP contribution in [0.25, 0.3) is 0 Å². The van der Waals surface area contributed by atoms with Crippen LogP contribution in [0.4, 0.5) is 17.2 Å². The first kappa shape index (κ1) is 19.0. The van der Waals surface area contributed by atoms with Crippen molar-refractivity contribution in [3.63, 3.8) is 0 Å². The predicted octanol–water partition coefficient (Wildman–Crippen LogP) is -2.38. The molecule has 2 heterocycles. The molecule has 0 spiro atoms. The number of carboxylic acids is 1. The molecule has 0 amide bonds. The predicted molar refractivity (Wildman–Crippen MR) is 95.5 cm³/mol. The van der Waals surface area contributed by atoms with E-state index in [1.54, 1.807) is 0 Å². The van der Waals surface area contributed by atoms with Gasteiger partial charge >= 0.3 is 13.1 Å². The number of hydrogen-bond acceptors (Lipinski definition) is 10. The summed E-state index contributed by atoms with van der Waals surface area (Å²) in [6, 6.07) is 0. The summed E-state index contributed by atoms with van der Waals surface area (Å²) in [5.41, 5.74) is 3.16. The molecule has 1 aliphatic rings. The number of aliphatic carboxylic acids is 1. The van der Waals surface area contributed by atoms with Gasteiger partial charge in [-0.3, -0.25) is 14.4 Å². The minimum Gasteiger partial charge on any atom is -0.480 e. The van der Waals surface area contributed by atoms with E-state index in [0.717, 1.165) is 0 Å². The number of aromatic amines is 1. The molecular formula is C14H19BN6O6. The van der Waals surface area contributed by atoms with Crippen molar-refractivity contribution in [3.05, 3.63) is 26.6 Å². The summed E-state index contributed by atoms with van der Waals surface area (Å²) in [6.07, 6.45) is 2.11. The largest absolute Gasteiger partial charge is 0.480 e. The number of anilines is 3. The summed E-state index contributed by atoms with van der Waals surface area (Å²) in [5.74, 6) is -1.43. The number of nitrogens with one attached hydrogen (secondary N) is 2. The molecule has 7 N–H and O–H groups in total. The lowest BCUT2D eigenvalue weighted by molar-refractivity contribution is -0.144. The second-order valence-electron chi connectivity index (χ2n) is 6.71. The first-order valence-electron chi connectivity index (χ1n) is 8.33. The molecular weight excluding hydrogens is 359 g/mol. The fraction of sp³-hybridized carbons (Fsp3) is 0.500. The molecule has 0 unspecified atom stereocenters. The van der Waals surface area contributed by atoms with Crippen molar-refractivity contribution in [1.29, 1.82) is 0 Å². The summed E-state index contributed by atoms with van der Waals surface area (Å²) < 4.78 is 0. The van der Waals surface area contributed by atoms with E-state index in [4.69, 9.17) is 15.8 Å². The molecule has 27 heavy (non-hydrogen) atoms. The normalized spacial score (nSPS) is 22.3. The van der Waals surface area contributed by atoms with Crippen LogP contribution in [0, 0.1) is 5.92 Å². The maximum Gasteiger partial charge on any atom is 0.451 e. The van der Waals surface area contributed by atoms with E-state index >= 15 is 0 Å². The molecule has 1 fully saturated rings. The lowest BCUT2D eigenvalue weighted by Crippen LogP contribution is -2.55. The van der Waals surface area contributed by atoms with Crippen LogP contribution in [0.1, 0.15) is 12.8 Å². The van der Waals surface area contributed by atoms with E-state index in [0.29, 0.717) is 18.7 Å². The van der Waals surface area contributed by atoms with E-state index in [2.05, 4.69) is 20.7 Å². The zero-order valence-electron chi connectivity index (χ0n) is 14.3. The summed E-state index contributed by atoms with van der Waals surface area (Å²) in [4.78, 5) is 37.2. The molecule has 1 saturated heterocycles. The lowest BCUT2D eigenvalue weighted by Gasteiger charge is -2.25. The van der Waals surface area contributed by atoms with Gasteiger partial charge in [0.1, 0.15) is 22.7 Å². The van der Waals surface area contributed by atoms with Crippen LogP contribution >= 0.6 is 0 Å². The Morgan fingerprint density at radius 3 is 2.78 bits per heavy atom. The van der Waals surface area contributed by atoms with Crippen molar-refractivity contribution in [2.45, 2.75) is 24.7 Å². The molecule has 1 aliphatic heterocycles.